The quantitative estimate of drug-likeness (QED) is 0.820. The smallest absolute Gasteiger partial charge is 0.251 e. The van der Waals surface area contributed by atoms with Crippen molar-refractivity contribution in [2.45, 2.75) is 24.2 Å². The van der Waals surface area contributed by atoms with Crippen LogP contribution in [0.25, 0.3) is 0 Å². The van der Waals surface area contributed by atoms with Gasteiger partial charge in [-0.2, -0.15) is 0 Å². The van der Waals surface area contributed by atoms with E-state index in [2.05, 4.69) is 21.2 Å². The number of nitrogens with one attached hydrogen (secondary N) is 1. The van der Waals surface area contributed by atoms with Gasteiger partial charge in [-0.25, -0.2) is 8.42 Å². The Bertz CT molecular complexity index is 843. The Balaban J connectivity index is 2.11. The van der Waals surface area contributed by atoms with E-state index in [0.29, 0.717) is 12.1 Å². The van der Waals surface area contributed by atoms with Crippen molar-refractivity contribution in [1.82, 2.24) is 5.32 Å². The molecule has 24 heavy (non-hydrogen) atoms. The van der Waals surface area contributed by atoms with Crippen molar-refractivity contribution in [1.29, 1.82) is 0 Å². The van der Waals surface area contributed by atoms with Crippen LogP contribution in [0.3, 0.4) is 0 Å². The minimum Gasteiger partial charge on any atom is -0.351 e. The molecule has 0 aromatic heterocycles. The fraction of sp³-hybridized carbons (Fsp3) is 0.278. The molecule has 0 spiro atoms. The molecule has 1 amide bonds. The molecular weight excluding hydrogens is 390 g/mol. The lowest BCUT2D eigenvalue weighted by Crippen LogP contribution is -2.36. The van der Waals surface area contributed by atoms with Crippen molar-refractivity contribution in [2.24, 2.45) is 0 Å². The molecule has 2 aromatic rings. The lowest BCUT2D eigenvalue weighted by atomic mass is 9.84. The van der Waals surface area contributed by atoms with Crippen LogP contribution in [0.4, 0.5) is 0 Å². The lowest BCUT2D eigenvalue weighted by molar-refractivity contribution is 0.0945. The molecule has 0 aliphatic heterocycles. The largest absolute Gasteiger partial charge is 0.351 e. The minimum atomic E-state index is -3.33. The number of benzene rings is 2. The van der Waals surface area contributed by atoms with Gasteiger partial charge in [-0.05, 0) is 35.9 Å². The fourth-order valence-corrected chi connectivity index (χ4v) is 3.21. The fourth-order valence-electron chi connectivity index (χ4n) is 2.27. The third-order valence-electron chi connectivity index (χ3n) is 3.84. The van der Waals surface area contributed by atoms with Gasteiger partial charge in [0, 0.05) is 28.3 Å². The Kier molecular flexibility index (Phi) is 5.50. The van der Waals surface area contributed by atoms with E-state index in [0.717, 1.165) is 16.3 Å². The number of hydrogen-bond donors (Lipinski definition) is 1. The number of amides is 1. The van der Waals surface area contributed by atoms with E-state index in [1.807, 2.05) is 38.1 Å². The topological polar surface area (TPSA) is 63.2 Å². The van der Waals surface area contributed by atoms with Gasteiger partial charge >= 0.3 is 0 Å². The molecule has 4 nitrogen and oxygen atoms in total. The van der Waals surface area contributed by atoms with Gasteiger partial charge in [0.1, 0.15) is 0 Å². The molecule has 0 unspecified atom stereocenters. The van der Waals surface area contributed by atoms with Crippen LogP contribution < -0.4 is 5.32 Å². The average molecular weight is 410 g/mol. The summed E-state index contributed by atoms with van der Waals surface area (Å²) in [4.78, 5) is 12.5. The Labute approximate surface area is 151 Å². The molecule has 0 heterocycles. The summed E-state index contributed by atoms with van der Waals surface area (Å²) in [7, 11) is -3.33. The molecule has 0 saturated carbocycles. The Hall–Kier alpha value is -1.66. The van der Waals surface area contributed by atoms with Crippen LogP contribution in [0.1, 0.15) is 29.8 Å². The number of carbonyl (C=O) groups excluding carboxylic acids is 1. The molecule has 2 aromatic carbocycles. The minimum absolute atomic E-state index is 0.141. The van der Waals surface area contributed by atoms with Crippen LogP contribution in [-0.4, -0.2) is 27.1 Å². The summed E-state index contributed by atoms with van der Waals surface area (Å²) >= 11 is 3.41. The highest BCUT2D eigenvalue weighted by atomic mass is 79.9. The SMILES string of the molecule is CC(C)(CNC(=O)c1cccc(S(C)(=O)=O)c1)c1ccc(Br)cc1. The summed E-state index contributed by atoms with van der Waals surface area (Å²) in [6, 6.07) is 14.0. The molecule has 0 radical (unpaired) electrons. The highest BCUT2D eigenvalue weighted by Crippen LogP contribution is 2.24. The Morgan fingerprint density at radius 2 is 1.75 bits per heavy atom. The number of rotatable bonds is 5. The van der Waals surface area contributed by atoms with Crippen molar-refractivity contribution in [2.75, 3.05) is 12.8 Å². The van der Waals surface area contributed by atoms with E-state index in [1.165, 1.54) is 12.1 Å². The first-order valence-electron chi connectivity index (χ1n) is 7.44. The zero-order chi connectivity index (χ0) is 18.0. The molecule has 0 aliphatic carbocycles. The van der Waals surface area contributed by atoms with E-state index in [4.69, 9.17) is 0 Å². The van der Waals surface area contributed by atoms with Gasteiger partial charge in [0.15, 0.2) is 9.84 Å². The predicted molar refractivity (Wildman–Crippen MR) is 99.1 cm³/mol. The van der Waals surface area contributed by atoms with Crippen molar-refractivity contribution in [3.8, 4) is 0 Å². The summed E-state index contributed by atoms with van der Waals surface area (Å²) in [5.41, 5.74) is 1.20. The molecule has 2 rings (SSSR count). The van der Waals surface area contributed by atoms with Gasteiger partial charge in [0.25, 0.3) is 5.91 Å². The molecule has 0 fully saturated rings. The molecular formula is C18H20BrNO3S. The average Bonchev–Trinajstić information content (AvgIpc) is 2.52. The van der Waals surface area contributed by atoms with Crippen LogP contribution in [-0.2, 0) is 15.3 Å². The number of halogens is 1. The third kappa shape index (κ3) is 4.68. The number of sulfone groups is 1. The maximum Gasteiger partial charge on any atom is 0.251 e. The molecule has 0 saturated heterocycles. The van der Waals surface area contributed by atoms with Crippen LogP contribution in [0.5, 0.6) is 0 Å². The van der Waals surface area contributed by atoms with Gasteiger partial charge in [0.2, 0.25) is 0 Å². The van der Waals surface area contributed by atoms with E-state index >= 15 is 0 Å². The van der Waals surface area contributed by atoms with E-state index in [1.54, 1.807) is 12.1 Å². The van der Waals surface area contributed by atoms with Crippen LogP contribution in [0.2, 0.25) is 0 Å². The van der Waals surface area contributed by atoms with Crippen LogP contribution in [0.15, 0.2) is 57.9 Å². The normalized spacial score (nSPS) is 12.0. The molecule has 1 N–H and O–H groups in total. The zero-order valence-electron chi connectivity index (χ0n) is 13.8. The van der Waals surface area contributed by atoms with E-state index in [9.17, 15) is 13.2 Å². The second-order valence-corrected chi connectivity index (χ2v) is 9.30. The first-order chi connectivity index (χ1) is 11.1. The highest BCUT2D eigenvalue weighted by Gasteiger charge is 2.22. The lowest BCUT2D eigenvalue weighted by Gasteiger charge is -2.25. The molecule has 0 aliphatic rings. The standard InChI is InChI=1S/C18H20BrNO3S/c1-18(2,14-7-9-15(19)10-8-14)12-20-17(21)13-5-4-6-16(11-13)24(3,22)23/h4-11H,12H2,1-3H3,(H,20,21). The number of carbonyl (C=O) groups is 1. The summed E-state index contributed by atoms with van der Waals surface area (Å²) in [5, 5.41) is 2.89. The Morgan fingerprint density at radius 3 is 2.33 bits per heavy atom. The van der Waals surface area contributed by atoms with Crippen LogP contribution in [0, 0.1) is 0 Å². The first kappa shape index (κ1) is 18.7. The summed E-state index contributed by atoms with van der Waals surface area (Å²) in [6.45, 7) is 4.53. The second-order valence-electron chi connectivity index (χ2n) is 6.37. The summed E-state index contributed by atoms with van der Waals surface area (Å²) < 4.78 is 24.2. The number of hydrogen-bond acceptors (Lipinski definition) is 3. The maximum absolute atomic E-state index is 12.3. The van der Waals surface area contributed by atoms with Gasteiger partial charge in [-0.1, -0.05) is 48.0 Å². The van der Waals surface area contributed by atoms with Gasteiger partial charge in [0.05, 0.1) is 4.90 Å². The highest BCUT2D eigenvalue weighted by molar-refractivity contribution is 9.10. The molecule has 128 valence electrons. The van der Waals surface area contributed by atoms with Crippen molar-refractivity contribution in [3.05, 3.63) is 64.1 Å². The third-order valence-corrected chi connectivity index (χ3v) is 5.48. The molecule has 6 heteroatoms. The molecule has 0 bridgehead atoms. The summed E-state index contributed by atoms with van der Waals surface area (Å²) in [5.74, 6) is -0.286. The van der Waals surface area contributed by atoms with Crippen molar-refractivity contribution >= 4 is 31.7 Å². The van der Waals surface area contributed by atoms with Gasteiger partial charge in [-0.15, -0.1) is 0 Å². The molecule has 0 atom stereocenters. The first-order valence-corrected chi connectivity index (χ1v) is 10.1. The van der Waals surface area contributed by atoms with Gasteiger partial charge in [-0.3, -0.25) is 4.79 Å². The van der Waals surface area contributed by atoms with Crippen molar-refractivity contribution < 1.29 is 13.2 Å². The predicted octanol–water partition coefficient (Wildman–Crippen LogP) is 3.56. The van der Waals surface area contributed by atoms with E-state index < -0.39 is 9.84 Å². The second kappa shape index (κ2) is 7.07. The van der Waals surface area contributed by atoms with Crippen LogP contribution >= 0.6 is 15.9 Å². The van der Waals surface area contributed by atoms with Gasteiger partial charge < -0.3 is 5.32 Å². The van der Waals surface area contributed by atoms with Crippen molar-refractivity contribution in [3.63, 3.8) is 0 Å². The monoisotopic (exact) mass is 409 g/mol. The maximum atomic E-state index is 12.3. The van der Waals surface area contributed by atoms with E-state index in [-0.39, 0.29) is 16.2 Å². The Morgan fingerprint density at radius 1 is 1.12 bits per heavy atom. The summed E-state index contributed by atoms with van der Waals surface area (Å²) in [6.07, 6.45) is 1.13. The zero-order valence-corrected chi connectivity index (χ0v) is 16.2.